The summed E-state index contributed by atoms with van der Waals surface area (Å²) >= 11 is 1.07. The van der Waals surface area contributed by atoms with Crippen LogP contribution in [-0.4, -0.2) is 42.6 Å². The van der Waals surface area contributed by atoms with E-state index in [9.17, 15) is 22.8 Å². The number of carbonyl (C=O) groups excluding carboxylic acids is 2. The molecule has 1 saturated carbocycles. The van der Waals surface area contributed by atoms with Crippen LogP contribution in [0, 0.1) is 12.3 Å². The first-order chi connectivity index (χ1) is 15.2. The number of thiophene rings is 1. The van der Waals surface area contributed by atoms with Crippen molar-refractivity contribution in [2.24, 2.45) is 0 Å². The van der Waals surface area contributed by atoms with Gasteiger partial charge in [-0.05, 0) is 42.3 Å². The Labute approximate surface area is 187 Å². The molecule has 0 saturated heterocycles. The Balaban J connectivity index is 1.93. The molecule has 0 radical (unpaired) electrons. The predicted octanol–water partition coefficient (Wildman–Crippen LogP) is 3.68. The molecule has 1 aliphatic rings. The lowest BCUT2D eigenvalue weighted by Crippen LogP contribution is -2.55. The van der Waals surface area contributed by atoms with Crippen LogP contribution in [-0.2, 0) is 16.1 Å². The fourth-order valence-electron chi connectivity index (χ4n) is 3.51. The summed E-state index contributed by atoms with van der Waals surface area (Å²) in [6, 6.07) is 6.53. The smallest absolute Gasteiger partial charge is 0.411 e. The SMILES string of the molecule is C#CC(=O)N(C(C(=O)NCc1ccc(OC)cc1OC)c1cccs1)C1(C(F)(F)F)CC1. The number of hydrogen-bond acceptors (Lipinski definition) is 5. The van der Waals surface area contributed by atoms with Crippen LogP contribution in [0.4, 0.5) is 13.2 Å². The third kappa shape index (κ3) is 4.39. The minimum absolute atomic E-state index is 0.0367. The summed E-state index contributed by atoms with van der Waals surface area (Å²) in [6.45, 7) is -0.0367. The molecule has 2 amide bonds. The number of carbonyl (C=O) groups is 2. The summed E-state index contributed by atoms with van der Waals surface area (Å²) in [5.74, 6) is 0.779. The number of nitrogens with zero attached hydrogens (tertiary/aromatic N) is 1. The lowest BCUT2D eigenvalue weighted by atomic mass is 10.1. The van der Waals surface area contributed by atoms with Crippen molar-refractivity contribution in [3.63, 3.8) is 0 Å². The van der Waals surface area contributed by atoms with Crippen molar-refractivity contribution >= 4 is 23.2 Å². The number of amides is 2. The van der Waals surface area contributed by atoms with Gasteiger partial charge in [0.1, 0.15) is 23.1 Å². The van der Waals surface area contributed by atoms with Gasteiger partial charge in [-0.3, -0.25) is 9.59 Å². The largest absolute Gasteiger partial charge is 0.497 e. The van der Waals surface area contributed by atoms with Gasteiger partial charge in [0.15, 0.2) is 0 Å². The Morgan fingerprint density at radius 3 is 2.50 bits per heavy atom. The van der Waals surface area contributed by atoms with Crippen LogP contribution in [0.2, 0.25) is 0 Å². The molecule has 1 aromatic carbocycles. The molecular formula is C22H21F3N2O4S. The average Bonchev–Trinajstić information content (AvgIpc) is 3.42. The van der Waals surface area contributed by atoms with Crippen LogP contribution in [0.3, 0.4) is 0 Å². The second kappa shape index (κ2) is 9.12. The lowest BCUT2D eigenvalue weighted by Gasteiger charge is -2.37. The van der Waals surface area contributed by atoms with E-state index in [1.54, 1.807) is 35.6 Å². The van der Waals surface area contributed by atoms with E-state index in [1.807, 2.05) is 0 Å². The average molecular weight is 466 g/mol. The Morgan fingerprint density at radius 2 is 2.00 bits per heavy atom. The number of alkyl halides is 3. The van der Waals surface area contributed by atoms with Crippen molar-refractivity contribution in [1.29, 1.82) is 0 Å². The fraction of sp³-hybridized carbons (Fsp3) is 0.364. The molecule has 10 heteroatoms. The van der Waals surface area contributed by atoms with E-state index in [0.29, 0.717) is 22.0 Å². The molecule has 1 aromatic heterocycles. The Kier molecular flexibility index (Phi) is 6.69. The normalized spacial score (nSPS) is 15.2. The minimum Gasteiger partial charge on any atom is -0.497 e. The number of benzene rings is 1. The molecule has 0 bridgehead atoms. The summed E-state index contributed by atoms with van der Waals surface area (Å²) in [4.78, 5) is 26.5. The van der Waals surface area contributed by atoms with Crippen molar-refractivity contribution in [3.8, 4) is 23.8 Å². The predicted molar refractivity (Wildman–Crippen MR) is 112 cm³/mol. The summed E-state index contributed by atoms with van der Waals surface area (Å²) in [7, 11) is 2.94. The number of halogens is 3. The van der Waals surface area contributed by atoms with Crippen LogP contribution < -0.4 is 14.8 Å². The zero-order valence-electron chi connectivity index (χ0n) is 17.4. The highest BCUT2D eigenvalue weighted by molar-refractivity contribution is 7.10. The van der Waals surface area contributed by atoms with Gasteiger partial charge in [-0.2, -0.15) is 13.2 Å². The first-order valence-corrected chi connectivity index (χ1v) is 10.4. The molecule has 1 atom stereocenters. The van der Waals surface area contributed by atoms with Crippen LogP contribution in [0.15, 0.2) is 35.7 Å². The molecule has 1 unspecified atom stereocenters. The lowest BCUT2D eigenvalue weighted by molar-refractivity contribution is -0.204. The van der Waals surface area contributed by atoms with E-state index >= 15 is 0 Å². The van der Waals surface area contributed by atoms with Crippen LogP contribution in [0.1, 0.15) is 29.3 Å². The molecule has 32 heavy (non-hydrogen) atoms. The molecule has 1 heterocycles. The number of ether oxygens (including phenoxy) is 2. The second-order valence-corrected chi connectivity index (χ2v) is 8.14. The van der Waals surface area contributed by atoms with Gasteiger partial charge in [0.25, 0.3) is 5.91 Å². The quantitative estimate of drug-likeness (QED) is 0.603. The Hall–Kier alpha value is -3.19. The highest BCUT2D eigenvalue weighted by Gasteiger charge is 2.70. The number of hydrogen-bond donors (Lipinski definition) is 1. The zero-order chi connectivity index (χ0) is 23.5. The van der Waals surface area contributed by atoms with Crippen LogP contribution in [0.25, 0.3) is 0 Å². The van der Waals surface area contributed by atoms with Gasteiger partial charge in [0.05, 0.1) is 14.2 Å². The second-order valence-electron chi connectivity index (χ2n) is 7.16. The highest BCUT2D eigenvalue weighted by atomic mass is 32.1. The zero-order valence-corrected chi connectivity index (χ0v) is 18.2. The van der Waals surface area contributed by atoms with E-state index in [4.69, 9.17) is 15.9 Å². The van der Waals surface area contributed by atoms with Crippen LogP contribution >= 0.6 is 11.3 Å². The maximum absolute atomic E-state index is 13.9. The van der Waals surface area contributed by atoms with Gasteiger partial charge < -0.3 is 19.7 Å². The van der Waals surface area contributed by atoms with E-state index < -0.39 is 29.6 Å². The van der Waals surface area contributed by atoms with Gasteiger partial charge in [0.2, 0.25) is 5.91 Å². The molecule has 1 fully saturated rings. The van der Waals surface area contributed by atoms with E-state index in [1.165, 1.54) is 20.3 Å². The topological polar surface area (TPSA) is 67.9 Å². The summed E-state index contributed by atoms with van der Waals surface area (Å²) in [5, 5.41) is 4.25. The fourth-order valence-corrected chi connectivity index (χ4v) is 4.32. The van der Waals surface area contributed by atoms with Crippen molar-refractivity contribution in [1.82, 2.24) is 10.2 Å². The van der Waals surface area contributed by atoms with E-state index in [0.717, 1.165) is 11.3 Å². The summed E-state index contributed by atoms with van der Waals surface area (Å²) in [6.07, 6.45) is -0.159. The number of methoxy groups -OCH3 is 2. The van der Waals surface area contributed by atoms with Crippen molar-refractivity contribution < 1.29 is 32.2 Å². The first-order valence-electron chi connectivity index (χ1n) is 9.57. The van der Waals surface area contributed by atoms with Gasteiger partial charge in [-0.25, -0.2) is 0 Å². The van der Waals surface area contributed by atoms with Crippen molar-refractivity contribution in [2.45, 2.75) is 37.1 Å². The monoisotopic (exact) mass is 466 g/mol. The van der Waals surface area contributed by atoms with Gasteiger partial charge in [0, 0.05) is 23.1 Å². The van der Waals surface area contributed by atoms with E-state index in [2.05, 4.69) is 5.32 Å². The maximum atomic E-state index is 13.9. The van der Waals surface area contributed by atoms with Gasteiger partial charge in [-0.1, -0.05) is 6.07 Å². The molecule has 1 aliphatic carbocycles. The molecule has 2 aromatic rings. The number of terminal acetylenes is 1. The van der Waals surface area contributed by atoms with Crippen molar-refractivity contribution in [3.05, 3.63) is 46.2 Å². The number of rotatable bonds is 8. The minimum atomic E-state index is -4.73. The molecular weight excluding hydrogens is 445 g/mol. The highest BCUT2D eigenvalue weighted by Crippen LogP contribution is 2.56. The summed E-state index contributed by atoms with van der Waals surface area (Å²) < 4.78 is 52.2. The third-order valence-electron chi connectivity index (χ3n) is 5.32. The molecule has 6 nitrogen and oxygen atoms in total. The molecule has 0 spiro atoms. The summed E-state index contributed by atoms with van der Waals surface area (Å²) in [5.41, 5.74) is -1.88. The van der Waals surface area contributed by atoms with Gasteiger partial charge >= 0.3 is 6.18 Å². The standard InChI is InChI=1S/C22H21F3N2O4S/c1-4-18(28)27(21(9-10-21)22(23,24)25)19(17-6-5-11-32-17)20(29)26-13-14-7-8-15(30-2)12-16(14)31-3/h1,5-8,11-12,19H,9-10,13H2,2-3H3,(H,26,29). The third-order valence-corrected chi connectivity index (χ3v) is 6.25. The van der Waals surface area contributed by atoms with Crippen molar-refractivity contribution in [2.75, 3.05) is 14.2 Å². The van der Waals surface area contributed by atoms with E-state index in [-0.39, 0.29) is 24.3 Å². The Morgan fingerprint density at radius 1 is 1.28 bits per heavy atom. The molecule has 1 N–H and O–H groups in total. The van der Waals surface area contributed by atoms with Crippen LogP contribution in [0.5, 0.6) is 11.5 Å². The Bertz CT molecular complexity index is 1030. The first kappa shape index (κ1) is 23.5. The maximum Gasteiger partial charge on any atom is 0.411 e. The molecule has 3 rings (SSSR count). The molecule has 170 valence electrons. The number of nitrogens with one attached hydrogen (secondary N) is 1. The molecule has 0 aliphatic heterocycles. The van der Waals surface area contributed by atoms with Gasteiger partial charge in [-0.15, -0.1) is 17.8 Å².